The van der Waals surface area contributed by atoms with Gasteiger partial charge in [0.25, 0.3) is 0 Å². The molecule has 0 saturated heterocycles. The van der Waals surface area contributed by atoms with E-state index < -0.39 is 0 Å². The average Bonchev–Trinajstić information content (AvgIpc) is 3.06. The smallest absolute Gasteiger partial charge is 0.154 e. The van der Waals surface area contributed by atoms with Crippen LogP contribution in [0.5, 0.6) is 0 Å². The second-order valence-corrected chi connectivity index (χ2v) is 5.53. The Kier molecular flexibility index (Phi) is 3.50. The largest absolute Gasteiger partial charge is 0.351 e. The maximum atomic E-state index is 4.59. The first-order valence-electron chi connectivity index (χ1n) is 6.51. The minimum atomic E-state index is 0.635. The minimum Gasteiger partial charge on any atom is -0.351 e. The number of alkyl halides is 1. The zero-order chi connectivity index (χ0) is 12.4. The van der Waals surface area contributed by atoms with E-state index >= 15 is 0 Å². The highest BCUT2D eigenvalue weighted by Gasteiger charge is 2.24. The number of hydrogen-bond donors (Lipinski definition) is 0. The first kappa shape index (κ1) is 12.0. The first-order valence-corrected chi connectivity index (χ1v) is 7.63. The zero-order valence-corrected chi connectivity index (χ0v) is 11.9. The van der Waals surface area contributed by atoms with E-state index in [1.165, 1.54) is 25.7 Å². The second kappa shape index (κ2) is 5.26. The van der Waals surface area contributed by atoms with Crippen molar-refractivity contribution in [3.63, 3.8) is 0 Å². The number of anilines is 1. The van der Waals surface area contributed by atoms with E-state index in [-0.39, 0.29) is 0 Å². The van der Waals surface area contributed by atoms with Crippen molar-refractivity contribution < 1.29 is 0 Å². The third kappa shape index (κ3) is 2.11. The molecule has 18 heavy (non-hydrogen) atoms. The second-order valence-electron chi connectivity index (χ2n) is 4.73. The maximum absolute atomic E-state index is 4.59. The van der Waals surface area contributed by atoms with Gasteiger partial charge in [-0.3, -0.25) is 0 Å². The first-order chi connectivity index (χ1) is 8.90. The topological polar surface area (TPSA) is 33.4 Å². The summed E-state index contributed by atoms with van der Waals surface area (Å²) in [6.07, 6.45) is 10.8. The van der Waals surface area contributed by atoms with Crippen LogP contribution >= 0.6 is 15.9 Å². The number of fused-ring (bicyclic) bond motifs is 1. The third-order valence-corrected chi connectivity index (χ3v) is 4.02. The fourth-order valence-electron chi connectivity index (χ4n) is 2.83. The molecule has 0 spiro atoms. The van der Waals surface area contributed by atoms with Crippen molar-refractivity contribution >= 4 is 27.3 Å². The SMILES string of the molecule is BrCCN(c1nccn2nccc12)C1CCCC1. The van der Waals surface area contributed by atoms with Crippen molar-refractivity contribution in [3.05, 3.63) is 24.7 Å². The molecule has 1 fully saturated rings. The standard InChI is InChI=1S/C13H17BrN4/c14-6-9-17(11-3-1-2-4-11)13-12-5-7-16-18(12)10-8-15-13/h5,7-8,10-11H,1-4,6,9H2. The van der Waals surface area contributed by atoms with Crippen molar-refractivity contribution in [1.82, 2.24) is 14.6 Å². The predicted molar refractivity (Wildman–Crippen MR) is 76.4 cm³/mol. The van der Waals surface area contributed by atoms with Gasteiger partial charge < -0.3 is 4.90 Å². The number of rotatable bonds is 4. The highest BCUT2D eigenvalue weighted by molar-refractivity contribution is 9.09. The summed E-state index contributed by atoms with van der Waals surface area (Å²) in [7, 11) is 0. The van der Waals surface area contributed by atoms with Crippen molar-refractivity contribution in [3.8, 4) is 0 Å². The van der Waals surface area contributed by atoms with Gasteiger partial charge in [-0.15, -0.1) is 0 Å². The lowest BCUT2D eigenvalue weighted by atomic mass is 10.2. The average molecular weight is 309 g/mol. The molecule has 0 unspecified atom stereocenters. The molecule has 4 nitrogen and oxygen atoms in total. The maximum Gasteiger partial charge on any atom is 0.154 e. The van der Waals surface area contributed by atoms with Crippen LogP contribution in [0.4, 0.5) is 5.82 Å². The lowest BCUT2D eigenvalue weighted by Crippen LogP contribution is -2.35. The molecule has 1 saturated carbocycles. The summed E-state index contributed by atoms with van der Waals surface area (Å²) in [4.78, 5) is 7.03. The molecule has 1 aliphatic rings. The normalized spacial score (nSPS) is 16.5. The van der Waals surface area contributed by atoms with E-state index in [0.717, 1.165) is 23.2 Å². The summed E-state index contributed by atoms with van der Waals surface area (Å²) < 4.78 is 1.90. The van der Waals surface area contributed by atoms with Crippen LogP contribution in [-0.4, -0.2) is 32.5 Å². The van der Waals surface area contributed by atoms with Gasteiger partial charge in [-0.05, 0) is 18.9 Å². The van der Waals surface area contributed by atoms with E-state index in [1.807, 2.05) is 29.2 Å². The molecule has 2 aromatic heterocycles. The third-order valence-electron chi connectivity index (χ3n) is 3.67. The van der Waals surface area contributed by atoms with E-state index in [4.69, 9.17) is 0 Å². The van der Waals surface area contributed by atoms with E-state index in [9.17, 15) is 0 Å². The highest BCUT2D eigenvalue weighted by Crippen LogP contribution is 2.29. The summed E-state index contributed by atoms with van der Waals surface area (Å²) in [6.45, 7) is 1.00. The Balaban J connectivity index is 2.00. The Morgan fingerprint density at radius 1 is 1.33 bits per heavy atom. The fourth-order valence-corrected chi connectivity index (χ4v) is 3.22. The molecule has 2 aromatic rings. The van der Waals surface area contributed by atoms with Crippen molar-refractivity contribution in [1.29, 1.82) is 0 Å². The number of hydrogen-bond acceptors (Lipinski definition) is 3. The van der Waals surface area contributed by atoms with Crippen LogP contribution < -0.4 is 4.90 Å². The summed E-state index contributed by atoms with van der Waals surface area (Å²) in [6, 6.07) is 2.68. The summed E-state index contributed by atoms with van der Waals surface area (Å²) in [5.74, 6) is 1.07. The van der Waals surface area contributed by atoms with E-state index in [2.05, 4.69) is 30.9 Å². The van der Waals surface area contributed by atoms with Crippen LogP contribution in [0.15, 0.2) is 24.7 Å². The summed E-state index contributed by atoms with van der Waals surface area (Å²) in [5, 5.41) is 5.26. The van der Waals surface area contributed by atoms with Gasteiger partial charge in [0.2, 0.25) is 0 Å². The Labute approximate surface area is 115 Å². The van der Waals surface area contributed by atoms with Crippen molar-refractivity contribution in [2.75, 3.05) is 16.8 Å². The fraction of sp³-hybridized carbons (Fsp3) is 0.538. The van der Waals surface area contributed by atoms with Gasteiger partial charge in [0, 0.05) is 30.3 Å². The van der Waals surface area contributed by atoms with Gasteiger partial charge in [-0.1, -0.05) is 28.8 Å². The Bertz CT molecular complexity index is 518. The quantitative estimate of drug-likeness (QED) is 0.814. The highest BCUT2D eigenvalue weighted by atomic mass is 79.9. The van der Waals surface area contributed by atoms with Gasteiger partial charge in [0.05, 0.1) is 6.20 Å². The Hall–Kier alpha value is -1.10. The van der Waals surface area contributed by atoms with Gasteiger partial charge in [0.1, 0.15) is 5.52 Å². The lowest BCUT2D eigenvalue weighted by molar-refractivity contribution is 0.616. The molecule has 2 heterocycles. The van der Waals surface area contributed by atoms with Crippen LogP contribution in [0.3, 0.4) is 0 Å². The van der Waals surface area contributed by atoms with Crippen LogP contribution in [0.1, 0.15) is 25.7 Å². The lowest BCUT2D eigenvalue weighted by Gasteiger charge is -2.29. The summed E-state index contributed by atoms with van der Waals surface area (Å²) >= 11 is 3.56. The molecule has 0 bridgehead atoms. The van der Waals surface area contributed by atoms with E-state index in [1.54, 1.807) is 0 Å². The monoisotopic (exact) mass is 308 g/mol. The van der Waals surface area contributed by atoms with Crippen LogP contribution in [0.2, 0.25) is 0 Å². The van der Waals surface area contributed by atoms with Crippen LogP contribution in [0.25, 0.3) is 5.52 Å². The molecule has 0 aromatic carbocycles. The molecule has 96 valence electrons. The Morgan fingerprint density at radius 2 is 2.17 bits per heavy atom. The van der Waals surface area contributed by atoms with Gasteiger partial charge in [-0.2, -0.15) is 5.10 Å². The molecule has 0 amide bonds. The molecule has 5 heteroatoms. The van der Waals surface area contributed by atoms with Gasteiger partial charge in [-0.25, -0.2) is 9.50 Å². The molecular formula is C13H17BrN4. The predicted octanol–water partition coefficient (Wildman–Crippen LogP) is 2.87. The zero-order valence-electron chi connectivity index (χ0n) is 10.3. The number of aromatic nitrogens is 3. The van der Waals surface area contributed by atoms with Crippen molar-refractivity contribution in [2.45, 2.75) is 31.7 Å². The minimum absolute atomic E-state index is 0.635. The molecule has 0 radical (unpaired) electrons. The molecule has 0 aliphatic heterocycles. The number of nitrogens with zero attached hydrogens (tertiary/aromatic N) is 4. The molecular weight excluding hydrogens is 292 g/mol. The Morgan fingerprint density at radius 3 is 2.94 bits per heavy atom. The van der Waals surface area contributed by atoms with Crippen LogP contribution in [0, 0.1) is 0 Å². The number of halogens is 1. The van der Waals surface area contributed by atoms with Crippen LogP contribution in [-0.2, 0) is 0 Å². The summed E-state index contributed by atoms with van der Waals surface area (Å²) in [5.41, 5.74) is 1.10. The molecule has 3 rings (SSSR count). The molecule has 0 N–H and O–H groups in total. The van der Waals surface area contributed by atoms with Gasteiger partial charge >= 0.3 is 0 Å². The molecule has 0 atom stereocenters. The van der Waals surface area contributed by atoms with Gasteiger partial charge in [0.15, 0.2) is 5.82 Å². The van der Waals surface area contributed by atoms with E-state index in [0.29, 0.717) is 6.04 Å². The molecule has 1 aliphatic carbocycles. The van der Waals surface area contributed by atoms with Crippen molar-refractivity contribution in [2.24, 2.45) is 0 Å².